The summed E-state index contributed by atoms with van der Waals surface area (Å²) < 4.78 is 0. The van der Waals surface area contributed by atoms with Crippen LogP contribution in [0.1, 0.15) is 28.4 Å². The minimum Gasteiger partial charge on any atom is -0.289 e. The normalized spacial score (nSPS) is 10.2. The van der Waals surface area contributed by atoms with Gasteiger partial charge in [0.25, 0.3) is 0 Å². The minimum atomic E-state index is 0.110. The van der Waals surface area contributed by atoms with Crippen LogP contribution in [0.4, 0.5) is 0 Å². The molecule has 0 aliphatic carbocycles. The van der Waals surface area contributed by atoms with Gasteiger partial charge in [0, 0.05) is 16.5 Å². The predicted molar refractivity (Wildman–Crippen MR) is 63.6 cm³/mol. The van der Waals surface area contributed by atoms with Crippen LogP contribution >= 0.6 is 11.3 Å². The smallest absolute Gasteiger partial charge is 0.193 e. The molecular weight excluding hydrogens is 204 g/mol. The molecule has 0 aliphatic heterocycles. The van der Waals surface area contributed by atoms with Crippen molar-refractivity contribution in [1.82, 2.24) is 0 Å². The second-order valence-corrected chi connectivity index (χ2v) is 4.17. The van der Waals surface area contributed by atoms with Gasteiger partial charge in [-0.25, -0.2) is 0 Å². The van der Waals surface area contributed by atoms with Crippen molar-refractivity contribution in [1.29, 1.82) is 0 Å². The van der Waals surface area contributed by atoms with Crippen LogP contribution in [0.2, 0.25) is 0 Å². The van der Waals surface area contributed by atoms with Crippen molar-refractivity contribution in [3.8, 4) is 0 Å². The van der Waals surface area contributed by atoms with E-state index in [1.807, 2.05) is 41.1 Å². The van der Waals surface area contributed by atoms with E-state index in [1.54, 1.807) is 11.3 Å². The Morgan fingerprint density at radius 1 is 1.13 bits per heavy atom. The first-order valence-electron chi connectivity index (χ1n) is 4.97. The Kier molecular flexibility index (Phi) is 2.97. The fourth-order valence-electron chi connectivity index (χ4n) is 1.45. The molecule has 0 bridgehead atoms. The Morgan fingerprint density at radius 2 is 1.87 bits per heavy atom. The average Bonchev–Trinajstić information content (AvgIpc) is 2.82. The summed E-state index contributed by atoms with van der Waals surface area (Å²) in [5, 5.41) is 3.81. The van der Waals surface area contributed by atoms with E-state index in [1.165, 1.54) is 5.56 Å². The molecular formula is C13H12OS. The van der Waals surface area contributed by atoms with Crippen molar-refractivity contribution >= 4 is 17.1 Å². The quantitative estimate of drug-likeness (QED) is 0.717. The number of thiophene rings is 1. The third kappa shape index (κ3) is 2.16. The van der Waals surface area contributed by atoms with Crippen molar-refractivity contribution < 1.29 is 4.79 Å². The third-order valence-electron chi connectivity index (χ3n) is 2.41. The van der Waals surface area contributed by atoms with Crippen LogP contribution in [-0.2, 0) is 6.42 Å². The summed E-state index contributed by atoms with van der Waals surface area (Å²) in [5.41, 5.74) is 2.81. The van der Waals surface area contributed by atoms with Gasteiger partial charge in [-0.15, -0.1) is 0 Å². The van der Waals surface area contributed by atoms with Gasteiger partial charge in [-0.05, 0) is 23.4 Å². The molecule has 2 heteroatoms. The molecule has 76 valence electrons. The number of aryl methyl sites for hydroxylation is 1. The number of ketones is 1. The van der Waals surface area contributed by atoms with Gasteiger partial charge in [-0.1, -0.05) is 31.2 Å². The van der Waals surface area contributed by atoms with E-state index in [0.717, 1.165) is 17.5 Å². The molecule has 0 saturated carbocycles. The lowest BCUT2D eigenvalue weighted by Crippen LogP contribution is -1.99. The molecule has 0 atom stereocenters. The molecule has 0 N–H and O–H groups in total. The lowest BCUT2D eigenvalue weighted by molar-refractivity contribution is 0.103. The molecule has 0 spiro atoms. The monoisotopic (exact) mass is 216 g/mol. The van der Waals surface area contributed by atoms with E-state index in [0.29, 0.717) is 0 Å². The van der Waals surface area contributed by atoms with Gasteiger partial charge in [0.15, 0.2) is 5.78 Å². The lowest BCUT2D eigenvalue weighted by Gasteiger charge is -2.00. The zero-order chi connectivity index (χ0) is 10.7. The van der Waals surface area contributed by atoms with Gasteiger partial charge in [-0.2, -0.15) is 11.3 Å². The van der Waals surface area contributed by atoms with Crippen LogP contribution in [0.15, 0.2) is 41.1 Å². The molecule has 1 nitrogen and oxygen atoms in total. The highest BCUT2D eigenvalue weighted by Gasteiger charge is 2.08. The first kappa shape index (κ1) is 10.1. The van der Waals surface area contributed by atoms with Crippen molar-refractivity contribution in [3.63, 3.8) is 0 Å². The highest BCUT2D eigenvalue weighted by atomic mass is 32.1. The standard InChI is InChI=1S/C13H12OS/c1-2-10-3-5-11(6-4-10)13(14)12-7-8-15-9-12/h3-9H,2H2,1H3. The van der Waals surface area contributed by atoms with Gasteiger partial charge in [0.05, 0.1) is 0 Å². The van der Waals surface area contributed by atoms with Crippen LogP contribution in [0.3, 0.4) is 0 Å². The lowest BCUT2D eigenvalue weighted by atomic mass is 10.0. The van der Waals surface area contributed by atoms with Gasteiger partial charge in [-0.3, -0.25) is 4.79 Å². The fourth-order valence-corrected chi connectivity index (χ4v) is 2.09. The molecule has 1 heterocycles. The summed E-state index contributed by atoms with van der Waals surface area (Å²) in [6.07, 6.45) is 1.01. The first-order valence-corrected chi connectivity index (χ1v) is 5.91. The zero-order valence-electron chi connectivity index (χ0n) is 8.57. The van der Waals surface area contributed by atoms with Crippen LogP contribution in [0.25, 0.3) is 0 Å². The molecule has 0 saturated heterocycles. The molecule has 0 radical (unpaired) electrons. The van der Waals surface area contributed by atoms with E-state index in [9.17, 15) is 4.79 Å². The Balaban J connectivity index is 2.27. The second-order valence-electron chi connectivity index (χ2n) is 3.39. The molecule has 2 aromatic rings. The van der Waals surface area contributed by atoms with Gasteiger partial charge >= 0.3 is 0 Å². The third-order valence-corrected chi connectivity index (χ3v) is 3.09. The van der Waals surface area contributed by atoms with Gasteiger partial charge < -0.3 is 0 Å². The highest BCUT2D eigenvalue weighted by molar-refractivity contribution is 7.08. The van der Waals surface area contributed by atoms with Crippen LogP contribution in [0, 0.1) is 0 Å². The summed E-state index contributed by atoms with van der Waals surface area (Å²) in [7, 11) is 0. The second kappa shape index (κ2) is 4.41. The molecule has 2 rings (SSSR count). The van der Waals surface area contributed by atoms with Crippen molar-refractivity contribution in [2.45, 2.75) is 13.3 Å². The number of hydrogen-bond acceptors (Lipinski definition) is 2. The van der Waals surface area contributed by atoms with Crippen LogP contribution in [-0.4, -0.2) is 5.78 Å². The largest absolute Gasteiger partial charge is 0.289 e. The highest BCUT2D eigenvalue weighted by Crippen LogP contribution is 2.13. The summed E-state index contributed by atoms with van der Waals surface area (Å²) >= 11 is 1.55. The number of hydrogen-bond donors (Lipinski definition) is 0. The Hall–Kier alpha value is -1.41. The summed E-state index contributed by atoms with van der Waals surface area (Å²) in [5.74, 6) is 0.110. The average molecular weight is 216 g/mol. The molecule has 15 heavy (non-hydrogen) atoms. The van der Waals surface area contributed by atoms with E-state index in [4.69, 9.17) is 0 Å². The van der Waals surface area contributed by atoms with E-state index in [-0.39, 0.29) is 5.78 Å². The maximum atomic E-state index is 11.9. The zero-order valence-corrected chi connectivity index (χ0v) is 9.38. The molecule has 0 aliphatic rings. The number of benzene rings is 1. The van der Waals surface area contributed by atoms with Gasteiger partial charge in [0.2, 0.25) is 0 Å². The fraction of sp³-hybridized carbons (Fsp3) is 0.154. The SMILES string of the molecule is CCc1ccc(C(=O)c2ccsc2)cc1. The maximum absolute atomic E-state index is 11.9. The summed E-state index contributed by atoms with van der Waals surface area (Å²) in [4.78, 5) is 11.9. The van der Waals surface area contributed by atoms with Crippen LogP contribution < -0.4 is 0 Å². The molecule has 1 aromatic carbocycles. The van der Waals surface area contributed by atoms with E-state index in [2.05, 4.69) is 6.92 Å². The van der Waals surface area contributed by atoms with Crippen molar-refractivity contribution in [3.05, 3.63) is 57.8 Å². The Bertz CT molecular complexity index is 440. The first-order chi connectivity index (χ1) is 7.31. The number of carbonyl (C=O) groups excluding carboxylic acids is 1. The maximum Gasteiger partial charge on any atom is 0.193 e. The topological polar surface area (TPSA) is 17.1 Å². The van der Waals surface area contributed by atoms with Gasteiger partial charge in [0.1, 0.15) is 0 Å². The Labute approximate surface area is 93.4 Å². The van der Waals surface area contributed by atoms with Crippen molar-refractivity contribution in [2.24, 2.45) is 0 Å². The molecule has 1 aromatic heterocycles. The summed E-state index contributed by atoms with van der Waals surface area (Å²) in [6, 6.07) is 9.69. The van der Waals surface area contributed by atoms with E-state index < -0.39 is 0 Å². The molecule has 0 amide bonds. The minimum absolute atomic E-state index is 0.110. The van der Waals surface area contributed by atoms with Crippen molar-refractivity contribution in [2.75, 3.05) is 0 Å². The number of carbonyl (C=O) groups is 1. The Morgan fingerprint density at radius 3 is 2.40 bits per heavy atom. The van der Waals surface area contributed by atoms with E-state index >= 15 is 0 Å². The molecule has 0 fully saturated rings. The van der Waals surface area contributed by atoms with Crippen LogP contribution in [0.5, 0.6) is 0 Å². The number of rotatable bonds is 3. The summed E-state index contributed by atoms with van der Waals surface area (Å²) in [6.45, 7) is 2.11. The predicted octanol–water partition coefficient (Wildman–Crippen LogP) is 3.54. The molecule has 0 unspecified atom stereocenters.